The molecule has 1 aromatic rings. The van der Waals surface area contributed by atoms with Crippen molar-refractivity contribution in [2.24, 2.45) is 11.8 Å². The van der Waals surface area contributed by atoms with E-state index in [1.807, 2.05) is 18.2 Å². The maximum Gasteiger partial charge on any atom is 0.391 e. The summed E-state index contributed by atoms with van der Waals surface area (Å²) < 4.78 is 38.6. The van der Waals surface area contributed by atoms with Crippen LogP contribution in [0, 0.1) is 11.8 Å². The Morgan fingerprint density at radius 1 is 1.21 bits per heavy atom. The summed E-state index contributed by atoms with van der Waals surface area (Å²) in [4.78, 5) is 12.3. The lowest BCUT2D eigenvalue weighted by Crippen LogP contribution is -2.34. The normalized spacial score (nSPS) is 23.8. The monoisotopic (exact) mass is 362 g/mol. The number of nitrogens with one attached hydrogen (secondary N) is 2. The van der Waals surface area contributed by atoms with E-state index in [9.17, 15) is 18.0 Å². The summed E-state index contributed by atoms with van der Waals surface area (Å²) in [6.07, 6.45) is -2.21. The molecule has 1 heterocycles. The van der Waals surface area contributed by atoms with Crippen molar-refractivity contribution in [3.8, 4) is 0 Å². The fraction of sp³-hybridized carbons (Fsp3) is 0.588. The van der Waals surface area contributed by atoms with Crippen LogP contribution < -0.4 is 10.6 Å². The minimum atomic E-state index is -4.20. The topological polar surface area (TPSA) is 41.1 Å². The molecule has 1 aromatic carbocycles. The van der Waals surface area contributed by atoms with Crippen molar-refractivity contribution < 1.29 is 18.0 Å². The van der Waals surface area contributed by atoms with Crippen LogP contribution in [0.15, 0.2) is 18.2 Å². The van der Waals surface area contributed by atoms with Gasteiger partial charge in [-0.05, 0) is 55.5 Å². The van der Waals surface area contributed by atoms with Crippen molar-refractivity contribution in [1.82, 2.24) is 5.32 Å². The van der Waals surface area contributed by atoms with Gasteiger partial charge in [0.05, 0.1) is 5.92 Å². The van der Waals surface area contributed by atoms with E-state index in [0.29, 0.717) is 18.5 Å². The summed E-state index contributed by atoms with van der Waals surface area (Å²) in [6.45, 7) is 1.71. The number of rotatable bonds is 2. The first kappa shape index (κ1) is 19.1. The third kappa shape index (κ3) is 4.42. The van der Waals surface area contributed by atoms with Crippen LogP contribution in [0.2, 0.25) is 0 Å². The Kier molecular flexibility index (Phi) is 6.15. The number of hydrogen-bond acceptors (Lipinski definition) is 2. The Labute approximate surface area is 145 Å². The second-order valence-electron chi connectivity index (χ2n) is 6.50. The lowest BCUT2D eigenvalue weighted by molar-refractivity contribution is -0.185. The zero-order valence-corrected chi connectivity index (χ0v) is 14.1. The van der Waals surface area contributed by atoms with Crippen molar-refractivity contribution in [2.75, 3.05) is 11.9 Å². The van der Waals surface area contributed by atoms with Crippen LogP contribution in [-0.2, 0) is 17.8 Å². The summed E-state index contributed by atoms with van der Waals surface area (Å²) in [7, 11) is 0. The molecule has 1 saturated carbocycles. The number of carbonyl (C=O) groups excluding carboxylic acids is 1. The third-order valence-corrected chi connectivity index (χ3v) is 4.87. The van der Waals surface area contributed by atoms with Crippen LogP contribution in [0.25, 0.3) is 0 Å². The minimum absolute atomic E-state index is 0. The van der Waals surface area contributed by atoms with Crippen LogP contribution in [0.3, 0.4) is 0 Å². The van der Waals surface area contributed by atoms with E-state index >= 15 is 0 Å². The van der Waals surface area contributed by atoms with Gasteiger partial charge in [-0.25, -0.2) is 0 Å². The molecule has 0 aromatic heterocycles. The summed E-state index contributed by atoms with van der Waals surface area (Å²) >= 11 is 0. The van der Waals surface area contributed by atoms with Crippen LogP contribution >= 0.6 is 12.4 Å². The number of amides is 1. The maximum absolute atomic E-state index is 12.9. The highest BCUT2D eigenvalue weighted by molar-refractivity contribution is 5.92. The first-order chi connectivity index (χ1) is 10.9. The van der Waals surface area contributed by atoms with Gasteiger partial charge in [0.25, 0.3) is 0 Å². The highest BCUT2D eigenvalue weighted by atomic mass is 35.5. The van der Waals surface area contributed by atoms with E-state index in [2.05, 4.69) is 10.6 Å². The Morgan fingerprint density at radius 2 is 2.00 bits per heavy atom. The van der Waals surface area contributed by atoms with Gasteiger partial charge in [-0.3, -0.25) is 4.79 Å². The van der Waals surface area contributed by atoms with E-state index in [4.69, 9.17) is 0 Å². The fourth-order valence-electron chi connectivity index (χ4n) is 3.53. The van der Waals surface area contributed by atoms with Crippen molar-refractivity contribution in [3.05, 3.63) is 29.3 Å². The third-order valence-electron chi connectivity index (χ3n) is 4.87. The molecule has 0 spiro atoms. The first-order valence-electron chi connectivity index (χ1n) is 8.13. The number of carbonyl (C=O) groups is 1. The highest BCUT2D eigenvalue weighted by Crippen LogP contribution is 2.40. The number of alkyl halides is 3. The summed E-state index contributed by atoms with van der Waals surface area (Å²) in [5.74, 6) is -2.19. The van der Waals surface area contributed by atoms with E-state index in [-0.39, 0.29) is 31.2 Å². The van der Waals surface area contributed by atoms with Gasteiger partial charge >= 0.3 is 6.18 Å². The molecule has 24 heavy (non-hydrogen) atoms. The Hall–Kier alpha value is -1.27. The van der Waals surface area contributed by atoms with E-state index < -0.39 is 18.0 Å². The Balaban J connectivity index is 0.00000208. The molecule has 1 fully saturated rings. The van der Waals surface area contributed by atoms with E-state index in [1.165, 1.54) is 5.56 Å². The molecule has 3 nitrogen and oxygen atoms in total. The SMILES string of the molecule is Cl.O=C(Nc1ccc2c(c1)CNCC2)C1CCCC(C(F)(F)F)C1. The lowest BCUT2D eigenvalue weighted by Gasteiger charge is -2.29. The summed E-state index contributed by atoms with van der Waals surface area (Å²) in [6, 6.07) is 5.75. The van der Waals surface area contributed by atoms with Gasteiger partial charge in [-0.1, -0.05) is 12.5 Å². The average molecular weight is 363 g/mol. The first-order valence-corrected chi connectivity index (χ1v) is 8.13. The molecular weight excluding hydrogens is 341 g/mol. The molecule has 7 heteroatoms. The van der Waals surface area contributed by atoms with Gasteiger partial charge in [0.2, 0.25) is 5.91 Å². The lowest BCUT2D eigenvalue weighted by atomic mass is 9.80. The van der Waals surface area contributed by atoms with Crippen LogP contribution in [0.5, 0.6) is 0 Å². The van der Waals surface area contributed by atoms with Gasteiger partial charge in [0.15, 0.2) is 0 Å². The predicted octanol–water partition coefficient (Wildman–Crippen LogP) is 4.06. The summed E-state index contributed by atoms with van der Waals surface area (Å²) in [5, 5.41) is 6.07. The van der Waals surface area contributed by atoms with E-state index in [1.54, 1.807) is 0 Å². The molecule has 134 valence electrons. The molecule has 2 N–H and O–H groups in total. The van der Waals surface area contributed by atoms with Crippen LogP contribution in [-0.4, -0.2) is 18.6 Å². The molecule has 2 unspecified atom stereocenters. The van der Waals surface area contributed by atoms with Crippen LogP contribution in [0.4, 0.5) is 18.9 Å². The molecule has 2 aliphatic rings. The van der Waals surface area contributed by atoms with Gasteiger partial charge in [-0.15, -0.1) is 12.4 Å². The number of anilines is 1. The van der Waals surface area contributed by atoms with Crippen molar-refractivity contribution in [2.45, 2.75) is 44.8 Å². The number of hydrogen-bond donors (Lipinski definition) is 2. The molecule has 0 radical (unpaired) electrons. The molecule has 3 rings (SSSR count). The smallest absolute Gasteiger partial charge is 0.326 e. The largest absolute Gasteiger partial charge is 0.391 e. The molecule has 1 amide bonds. The van der Waals surface area contributed by atoms with Crippen molar-refractivity contribution >= 4 is 24.0 Å². The van der Waals surface area contributed by atoms with Crippen molar-refractivity contribution in [3.63, 3.8) is 0 Å². The van der Waals surface area contributed by atoms with Crippen molar-refractivity contribution in [1.29, 1.82) is 0 Å². The highest BCUT2D eigenvalue weighted by Gasteiger charge is 2.43. The molecule has 1 aliphatic carbocycles. The van der Waals surface area contributed by atoms with Crippen LogP contribution in [0.1, 0.15) is 36.8 Å². The Morgan fingerprint density at radius 3 is 2.75 bits per heavy atom. The zero-order chi connectivity index (χ0) is 16.4. The van der Waals surface area contributed by atoms with Gasteiger partial charge in [0, 0.05) is 18.2 Å². The minimum Gasteiger partial charge on any atom is -0.326 e. The molecule has 2 atom stereocenters. The van der Waals surface area contributed by atoms with E-state index in [0.717, 1.165) is 25.1 Å². The number of benzene rings is 1. The number of fused-ring (bicyclic) bond motifs is 1. The average Bonchev–Trinajstić information content (AvgIpc) is 2.54. The van der Waals surface area contributed by atoms with Gasteiger partial charge in [0.1, 0.15) is 0 Å². The second kappa shape index (κ2) is 7.74. The molecule has 1 aliphatic heterocycles. The zero-order valence-electron chi connectivity index (χ0n) is 13.3. The quantitative estimate of drug-likeness (QED) is 0.833. The standard InChI is InChI=1S/C17H21F3N2O.ClH/c18-17(19,20)14-3-1-2-12(8-14)16(23)22-15-5-4-11-6-7-21-10-13(11)9-15;/h4-5,9,12,14,21H,1-3,6-8,10H2,(H,22,23);1H. The second-order valence-corrected chi connectivity index (χ2v) is 6.50. The van der Waals surface area contributed by atoms with Gasteiger partial charge in [-0.2, -0.15) is 13.2 Å². The molecule has 0 saturated heterocycles. The summed E-state index contributed by atoms with van der Waals surface area (Å²) in [5.41, 5.74) is 3.08. The predicted molar refractivity (Wildman–Crippen MR) is 89.2 cm³/mol. The van der Waals surface area contributed by atoms with Gasteiger partial charge < -0.3 is 10.6 Å². The fourth-order valence-corrected chi connectivity index (χ4v) is 3.53. The molecule has 0 bridgehead atoms. The maximum atomic E-state index is 12.9. The Bertz CT molecular complexity index is 592. The molecular formula is C17H22ClF3N2O. The number of halogens is 4.